The monoisotopic (exact) mass is 249 g/mol. The molecule has 0 bridgehead atoms. The summed E-state index contributed by atoms with van der Waals surface area (Å²) in [5.74, 6) is -0.358. The summed E-state index contributed by atoms with van der Waals surface area (Å²) in [4.78, 5) is 24.3. The molecule has 96 valence electrons. The molecule has 0 aromatic heterocycles. The Labute approximate surface area is 105 Å². The summed E-state index contributed by atoms with van der Waals surface area (Å²) in [5.41, 5.74) is 0.647. The molecule has 5 nitrogen and oxygen atoms in total. The quantitative estimate of drug-likeness (QED) is 0.881. The maximum absolute atomic E-state index is 11.9. The zero-order valence-corrected chi connectivity index (χ0v) is 10.1. The minimum Gasteiger partial charge on any atom is -0.495 e. The molecule has 1 aliphatic rings. The van der Waals surface area contributed by atoms with Crippen LogP contribution in [0, 0.1) is 0 Å². The fourth-order valence-electron chi connectivity index (χ4n) is 2.30. The number of methoxy groups -OCH3 is 1. The third-order valence-electron chi connectivity index (χ3n) is 3.08. The van der Waals surface area contributed by atoms with Crippen LogP contribution < -0.4 is 9.64 Å². The summed E-state index contributed by atoms with van der Waals surface area (Å²) >= 11 is 0. The summed E-state index contributed by atoms with van der Waals surface area (Å²) in [6.45, 7) is 0. The molecule has 18 heavy (non-hydrogen) atoms. The van der Waals surface area contributed by atoms with Crippen molar-refractivity contribution < 1.29 is 19.4 Å². The topological polar surface area (TPSA) is 66.8 Å². The number of carboxylic acids is 1. The van der Waals surface area contributed by atoms with Crippen molar-refractivity contribution in [3.63, 3.8) is 0 Å². The minimum absolute atomic E-state index is 0.0379. The lowest BCUT2D eigenvalue weighted by Gasteiger charge is -2.25. The van der Waals surface area contributed by atoms with E-state index in [0.29, 0.717) is 24.3 Å². The van der Waals surface area contributed by atoms with Gasteiger partial charge in [0.2, 0.25) is 5.91 Å². The first-order valence-corrected chi connectivity index (χ1v) is 5.80. The van der Waals surface area contributed by atoms with Gasteiger partial charge in [-0.05, 0) is 18.6 Å². The van der Waals surface area contributed by atoms with Crippen LogP contribution in [0.3, 0.4) is 0 Å². The molecule has 1 N–H and O–H groups in total. The predicted octanol–water partition coefficient (Wildman–Crippen LogP) is 1.67. The molecule has 1 aliphatic heterocycles. The Balaban J connectivity index is 2.33. The molecule has 1 fully saturated rings. The molecule has 1 amide bonds. The molecule has 1 aromatic rings. The zero-order valence-electron chi connectivity index (χ0n) is 10.1. The van der Waals surface area contributed by atoms with Gasteiger partial charge in [-0.2, -0.15) is 0 Å². The highest BCUT2D eigenvalue weighted by molar-refractivity contribution is 5.98. The van der Waals surface area contributed by atoms with Crippen molar-refractivity contribution in [2.45, 2.75) is 25.3 Å². The van der Waals surface area contributed by atoms with E-state index in [0.717, 1.165) is 0 Å². The number of ether oxygens (including phenoxy) is 1. The zero-order chi connectivity index (χ0) is 13.1. The van der Waals surface area contributed by atoms with Gasteiger partial charge in [0.15, 0.2) is 0 Å². The number of carbonyl (C=O) groups is 2. The number of benzene rings is 1. The first-order chi connectivity index (χ1) is 8.63. The van der Waals surface area contributed by atoms with Crippen molar-refractivity contribution in [1.29, 1.82) is 0 Å². The van der Waals surface area contributed by atoms with Gasteiger partial charge in [0.05, 0.1) is 19.2 Å². The number of carboxylic acid groups (broad SMARTS) is 1. The van der Waals surface area contributed by atoms with Gasteiger partial charge in [-0.3, -0.25) is 9.59 Å². The second-order valence-corrected chi connectivity index (χ2v) is 4.23. The average molecular weight is 249 g/mol. The lowest BCUT2D eigenvalue weighted by Crippen LogP contribution is -2.34. The molecular formula is C13H15NO4. The summed E-state index contributed by atoms with van der Waals surface area (Å²) in [5, 5.41) is 8.88. The number of hydrogen-bond acceptors (Lipinski definition) is 3. The van der Waals surface area contributed by atoms with E-state index < -0.39 is 5.97 Å². The number of para-hydroxylation sites is 2. The van der Waals surface area contributed by atoms with E-state index in [9.17, 15) is 9.59 Å². The van der Waals surface area contributed by atoms with Gasteiger partial charge in [-0.1, -0.05) is 12.1 Å². The predicted molar refractivity (Wildman–Crippen MR) is 65.8 cm³/mol. The van der Waals surface area contributed by atoms with E-state index in [-0.39, 0.29) is 18.4 Å². The summed E-state index contributed by atoms with van der Waals surface area (Å²) in [7, 11) is 1.53. The van der Waals surface area contributed by atoms with Gasteiger partial charge in [0.1, 0.15) is 5.75 Å². The Morgan fingerprint density at radius 2 is 2.22 bits per heavy atom. The normalized spacial score (nSPS) is 19.1. The molecule has 1 unspecified atom stereocenters. The van der Waals surface area contributed by atoms with Crippen LogP contribution in [0.15, 0.2) is 24.3 Å². The SMILES string of the molecule is COc1ccccc1N1C(=O)CCC1CC(=O)O. The number of aliphatic carboxylic acids is 1. The van der Waals surface area contributed by atoms with Gasteiger partial charge in [0.25, 0.3) is 0 Å². The van der Waals surface area contributed by atoms with E-state index >= 15 is 0 Å². The lowest BCUT2D eigenvalue weighted by atomic mass is 10.1. The summed E-state index contributed by atoms with van der Waals surface area (Å²) < 4.78 is 5.22. The highest BCUT2D eigenvalue weighted by atomic mass is 16.5. The highest BCUT2D eigenvalue weighted by Gasteiger charge is 2.34. The van der Waals surface area contributed by atoms with Gasteiger partial charge in [0, 0.05) is 12.5 Å². The van der Waals surface area contributed by atoms with Crippen LogP contribution in [-0.2, 0) is 9.59 Å². The Morgan fingerprint density at radius 3 is 2.89 bits per heavy atom. The maximum atomic E-state index is 11.9. The van der Waals surface area contributed by atoms with E-state index in [4.69, 9.17) is 9.84 Å². The van der Waals surface area contributed by atoms with E-state index in [1.54, 1.807) is 23.1 Å². The Kier molecular flexibility index (Phi) is 3.50. The van der Waals surface area contributed by atoms with E-state index in [2.05, 4.69) is 0 Å². The number of rotatable bonds is 4. The molecule has 0 spiro atoms. The van der Waals surface area contributed by atoms with Crippen LogP contribution in [0.5, 0.6) is 5.75 Å². The van der Waals surface area contributed by atoms with E-state index in [1.807, 2.05) is 6.07 Å². The first-order valence-electron chi connectivity index (χ1n) is 5.80. The number of anilines is 1. The van der Waals surface area contributed by atoms with Crippen molar-refractivity contribution in [3.05, 3.63) is 24.3 Å². The van der Waals surface area contributed by atoms with Crippen molar-refractivity contribution in [1.82, 2.24) is 0 Å². The van der Waals surface area contributed by atoms with Crippen molar-refractivity contribution >= 4 is 17.6 Å². The first kappa shape index (κ1) is 12.4. The number of amides is 1. The Bertz CT molecular complexity index is 472. The Morgan fingerprint density at radius 1 is 1.50 bits per heavy atom. The van der Waals surface area contributed by atoms with Crippen molar-refractivity contribution in [2.75, 3.05) is 12.0 Å². The fraction of sp³-hybridized carbons (Fsp3) is 0.385. The summed E-state index contributed by atoms with van der Waals surface area (Å²) in [6.07, 6.45) is 0.920. The third kappa shape index (κ3) is 2.30. The molecule has 0 radical (unpaired) electrons. The molecule has 2 rings (SSSR count). The van der Waals surface area contributed by atoms with Crippen LogP contribution >= 0.6 is 0 Å². The van der Waals surface area contributed by atoms with Gasteiger partial charge in [-0.15, -0.1) is 0 Å². The largest absolute Gasteiger partial charge is 0.495 e. The summed E-state index contributed by atoms with van der Waals surface area (Å²) in [6, 6.07) is 6.87. The van der Waals surface area contributed by atoms with Crippen LogP contribution in [0.25, 0.3) is 0 Å². The molecule has 1 atom stereocenters. The Hall–Kier alpha value is -2.04. The van der Waals surface area contributed by atoms with Crippen LogP contribution in [0.2, 0.25) is 0 Å². The second-order valence-electron chi connectivity index (χ2n) is 4.23. The van der Waals surface area contributed by atoms with Crippen molar-refractivity contribution in [2.24, 2.45) is 0 Å². The average Bonchev–Trinajstić information content (AvgIpc) is 2.69. The lowest BCUT2D eigenvalue weighted by molar-refractivity contribution is -0.137. The smallest absolute Gasteiger partial charge is 0.305 e. The molecule has 0 saturated carbocycles. The second kappa shape index (κ2) is 5.08. The fourth-order valence-corrected chi connectivity index (χ4v) is 2.30. The van der Waals surface area contributed by atoms with Crippen LogP contribution in [0.1, 0.15) is 19.3 Å². The van der Waals surface area contributed by atoms with Crippen molar-refractivity contribution in [3.8, 4) is 5.75 Å². The van der Waals surface area contributed by atoms with Crippen LogP contribution in [0.4, 0.5) is 5.69 Å². The molecule has 1 heterocycles. The number of nitrogens with zero attached hydrogens (tertiary/aromatic N) is 1. The molecule has 1 aromatic carbocycles. The molecule has 5 heteroatoms. The van der Waals surface area contributed by atoms with Crippen LogP contribution in [-0.4, -0.2) is 30.1 Å². The third-order valence-corrected chi connectivity index (χ3v) is 3.08. The molecular weight excluding hydrogens is 234 g/mol. The standard InChI is InChI=1S/C13H15NO4/c1-18-11-5-3-2-4-10(11)14-9(8-13(16)17)6-7-12(14)15/h2-5,9H,6-8H2,1H3,(H,16,17). The van der Waals surface area contributed by atoms with Gasteiger partial charge < -0.3 is 14.7 Å². The van der Waals surface area contributed by atoms with Gasteiger partial charge in [-0.25, -0.2) is 0 Å². The van der Waals surface area contributed by atoms with Gasteiger partial charge >= 0.3 is 5.97 Å². The minimum atomic E-state index is -0.894. The highest BCUT2D eigenvalue weighted by Crippen LogP contribution is 2.35. The number of hydrogen-bond donors (Lipinski definition) is 1. The molecule has 0 aliphatic carbocycles. The number of carbonyl (C=O) groups excluding carboxylic acids is 1. The van der Waals surface area contributed by atoms with E-state index in [1.165, 1.54) is 7.11 Å². The molecule has 1 saturated heterocycles. The maximum Gasteiger partial charge on any atom is 0.305 e.